The number of nitrogens with zero attached hydrogens (tertiary/aromatic N) is 2. The van der Waals surface area contributed by atoms with E-state index in [2.05, 4.69) is 35.6 Å². The van der Waals surface area contributed by atoms with Gasteiger partial charge in [-0.3, -0.25) is 4.79 Å². The van der Waals surface area contributed by atoms with E-state index in [9.17, 15) is 4.79 Å². The molecular formula is C16H29N3O. The van der Waals surface area contributed by atoms with E-state index in [1.54, 1.807) is 6.92 Å². The minimum Gasteiger partial charge on any atom is -0.384 e. The number of aromatic nitrogens is 1. The maximum absolute atomic E-state index is 11.7. The van der Waals surface area contributed by atoms with Gasteiger partial charge in [-0.15, -0.1) is 0 Å². The first-order valence-corrected chi connectivity index (χ1v) is 7.79. The van der Waals surface area contributed by atoms with Gasteiger partial charge in [0.2, 0.25) is 0 Å². The average molecular weight is 279 g/mol. The molecule has 0 amide bonds. The van der Waals surface area contributed by atoms with Gasteiger partial charge in [-0.2, -0.15) is 0 Å². The molecule has 0 saturated heterocycles. The van der Waals surface area contributed by atoms with Crippen LogP contribution in [0.25, 0.3) is 0 Å². The highest BCUT2D eigenvalue weighted by Gasteiger charge is 2.10. The summed E-state index contributed by atoms with van der Waals surface area (Å²) in [7, 11) is 0. The smallest absolute Gasteiger partial charge is 0.176 e. The van der Waals surface area contributed by atoms with Crippen LogP contribution in [0.1, 0.15) is 51.0 Å². The zero-order chi connectivity index (χ0) is 15.0. The van der Waals surface area contributed by atoms with Crippen molar-refractivity contribution in [1.29, 1.82) is 0 Å². The maximum Gasteiger partial charge on any atom is 0.176 e. The molecule has 0 aromatic carbocycles. The summed E-state index contributed by atoms with van der Waals surface area (Å²) in [5, 5.41) is 3.27. The maximum atomic E-state index is 11.7. The molecule has 1 heterocycles. The van der Waals surface area contributed by atoms with Gasteiger partial charge in [0.05, 0.1) is 11.4 Å². The topological polar surface area (TPSA) is 37.3 Å². The van der Waals surface area contributed by atoms with Gasteiger partial charge in [-0.1, -0.05) is 20.3 Å². The molecule has 1 aromatic rings. The summed E-state index contributed by atoms with van der Waals surface area (Å²) < 4.78 is 2.08. The van der Waals surface area contributed by atoms with E-state index in [0.29, 0.717) is 0 Å². The Morgan fingerprint density at radius 2 is 2.05 bits per heavy atom. The van der Waals surface area contributed by atoms with Gasteiger partial charge in [0, 0.05) is 32.8 Å². The highest BCUT2D eigenvalue weighted by molar-refractivity contribution is 5.93. The molecule has 20 heavy (non-hydrogen) atoms. The molecule has 0 spiro atoms. The van der Waals surface area contributed by atoms with Crippen LogP contribution in [-0.2, 0) is 6.54 Å². The van der Waals surface area contributed by atoms with Crippen LogP contribution in [0.4, 0.5) is 5.69 Å². The zero-order valence-corrected chi connectivity index (χ0v) is 13.4. The molecule has 4 heteroatoms. The van der Waals surface area contributed by atoms with Crippen molar-refractivity contribution < 1.29 is 4.79 Å². The van der Waals surface area contributed by atoms with E-state index in [0.717, 1.165) is 44.1 Å². The van der Waals surface area contributed by atoms with Gasteiger partial charge < -0.3 is 14.8 Å². The van der Waals surface area contributed by atoms with E-state index >= 15 is 0 Å². The Bertz CT molecular complexity index is 412. The number of ketones is 1. The first-order chi connectivity index (χ1) is 9.62. The lowest BCUT2D eigenvalue weighted by Crippen LogP contribution is -2.28. The third kappa shape index (κ3) is 5.00. The number of nitrogens with one attached hydrogen (secondary N) is 1. The van der Waals surface area contributed by atoms with Crippen LogP contribution >= 0.6 is 0 Å². The van der Waals surface area contributed by atoms with E-state index in [4.69, 9.17) is 0 Å². The van der Waals surface area contributed by atoms with Crippen LogP contribution in [0.3, 0.4) is 0 Å². The van der Waals surface area contributed by atoms with Crippen LogP contribution in [0.15, 0.2) is 12.3 Å². The fraction of sp³-hybridized carbons (Fsp3) is 0.688. The number of Topliss-reactive ketones (excluding diaryl/α,β-unsaturated/α-hetero) is 1. The summed E-state index contributed by atoms with van der Waals surface area (Å²) >= 11 is 0. The molecule has 1 N–H and O–H groups in total. The van der Waals surface area contributed by atoms with Crippen LogP contribution in [-0.4, -0.2) is 41.4 Å². The molecule has 0 bridgehead atoms. The van der Waals surface area contributed by atoms with Crippen molar-refractivity contribution in [3.8, 4) is 0 Å². The van der Waals surface area contributed by atoms with Crippen molar-refractivity contribution in [2.24, 2.45) is 0 Å². The number of carbonyl (C=O) groups is 1. The second-order valence-corrected chi connectivity index (χ2v) is 5.18. The molecule has 1 aromatic heterocycles. The van der Waals surface area contributed by atoms with E-state index < -0.39 is 0 Å². The molecule has 114 valence electrons. The standard InChI is InChI=1S/C16H29N3O/c1-5-8-9-18(7-3)10-11-19-13-15(17-6-2)12-16(19)14(4)20/h12-13,17H,5-11H2,1-4H3. The Morgan fingerprint density at radius 3 is 2.60 bits per heavy atom. The molecular weight excluding hydrogens is 250 g/mol. The van der Waals surface area contributed by atoms with E-state index in [1.807, 2.05) is 12.3 Å². The number of likely N-dealkylation sites (N-methyl/N-ethyl adjacent to an activating group) is 1. The molecule has 0 saturated carbocycles. The Hall–Kier alpha value is -1.29. The Balaban J connectivity index is 2.67. The predicted octanol–water partition coefficient (Wildman–Crippen LogP) is 3.24. The molecule has 0 aliphatic carbocycles. The highest BCUT2D eigenvalue weighted by Crippen LogP contribution is 2.15. The van der Waals surface area contributed by atoms with Gasteiger partial charge in [0.1, 0.15) is 0 Å². The number of rotatable bonds is 10. The zero-order valence-electron chi connectivity index (χ0n) is 13.4. The third-order valence-corrected chi connectivity index (χ3v) is 3.57. The number of carbonyl (C=O) groups excluding carboxylic acids is 1. The number of anilines is 1. The number of hydrogen-bond donors (Lipinski definition) is 1. The number of hydrogen-bond acceptors (Lipinski definition) is 3. The Labute approximate surface area is 123 Å². The van der Waals surface area contributed by atoms with Crippen molar-refractivity contribution in [3.05, 3.63) is 18.0 Å². The lowest BCUT2D eigenvalue weighted by molar-refractivity contribution is 0.100. The van der Waals surface area contributed by atoms with E-state index in [1.165, 1.54) is 12.8 Å². The van der Waals surface area contributed by atoms with Gasteiger partial charge >= 0.3 is 0 Å². The van der Waals surface area contributed by atoms with Crippen molar-refractivity contribution in [2.45, 2.75) is 47.1 Å². The largest absolute Gasteiger partial charge is 0.384 e. The molecule has 0 radical (unpaired) electrons. The summed E-state index contributed by atoms with van der Waals surface area (Å²) in [6.45, 7) is 13.1. The third-order valence-electron chi connectivity index (χ3n) is 3.57. The number of unbranched alkanes of at least 4 members (excludes halogenated alkanes) is 1. The van der Waals surface area contributed by atoms with Gasteiger partial charge in [-0.05, 0) is 32.5 Å². The fourth-order valence-corrected chi connectivity index (χ4v) is 2.35. The second kappa shape index (κ2) is 8.80. The monoisotopic (exact) mass is 279 g/mol. The quantitative estimate of drug-likeness (QED) is 0.668. The summed E-state index contributed by atoms with van der Waals surface area (Å²) in [6.07, 6.45) is 4.51. The summed E-state index contributed by atoms with van der Waals surface area (Å²) in [4.78, 5) is 14.2. The first kappa shape index (κ1) is 16.8. The predicted molar refractivity (Wildman–Crippen MR) is 85.6 cm³/mol. The Kier molecular flexibility index (Phi) is 7.37. The molecule has 0 aliphatic heterocycles. The van der Waals surface area contributed by atoms with Crippen molar-refractivity contribution in [1.82, 2.24) is 9.47 Å². The molecule has 1 rings (SSSR count). The lowest BCUT2D eigenvalue weighted by Gasteiger charge is -2.20. The van der Waals surface area contributed by atoms with Crippen molar-refractivity contribution >= 4 is 11.5 Å². The molecule has 0 unspecified atom stereocenters. The van der Waals surface area contributed by atoms with Crippen LogP contribution in [0.2, 0.25) is 0 Å². The van der Waals surface area contributed by atoms with Crippen molar-refractivity contribution in [2.75, 3.05) is 31.5 Å². The van der Waals surface area contributed by atoms with Crippen LogP contribution in [0, 0.1) is 0 Å². The molecule has 4 nitrogen and oxygen atoms in total. The van der Waals surface area contributed by atoms with Crippen LogP contribution < -0.4 is 5.32 Å². The van der Waals surface area contributed by atoms with Crippen LogP contribution in [0.5, 0.6) is 0 Å². The highest BCUT2D eigenvalue weighted by atomic mass is 16.1. The second-order valence-electron chi connectivity index (χ2n) is 5.18. The van der Waals surface area contributed by atoms with Gasteiger partial charge in [0.25, 0.3) is 0 Å². The SMILES string of the molecule is CCCCN(CC)CCn1cc(NCC)cc1C(C)=O. The van der Waals surface area contributed by atoms with E-state index in [-0.39, 0.29) is 5.78 Å². The molecule has 0 fully saturated rings. The van der Waals surface area contributed by atoms with Gasteiger partial charge in [0.15, 0.2) is 5.78 Å². The fourth-order valence-electron chi connectivity index (χ4n) is 2.35. The van der Waals surface area contributed by atoms with Crippen molar-refractivity contribution in [3.63, 3.8) is 0 Å². The van der Waals surface area contributed by atoms with Gasteiger partial charge in [-0.25, -0.2) is 0 Å². The minimum absolute atomic E-state index is 0.130. The lowest BCUT2D eigenvalue weighted by atomic mass is 10.3. The average Bonchev–Trinajstić information content (AvgIpc) is 2.83. The normalized spacial score (nSPS) is 11.1. The Morgan fingerprint density at radius 1 is 1.30 bits per heavy atom. The first-order valence-electron chi connectivity index (χ1n) is 7.79. The summed E-state index contributed by atoms with van der Waals surface area (Å²) in [5.74, 6) is 0.130. The molecule has 0 atom stereocenters. The molecule has 0 aliphatic rings. The summed E-state index contributed by atoms with van der Waals surface area (Å²) in [6, 6.07) is 1.95. The minimum atomic E-state index is 0.130. The summed E-state index contributed by atoms with van der Waals surface area (Å²) in [5.41, 5.74) is 1.84.